The van der Waals surface area contributed by atoms with Crippen molar-refractivity contribution in [1.29, 1.82) is 0 Å². The lowest BCUT2D eigenvalue weighted by Crippen LogP contribution is -2.32. The van der Waals surface area contributed by atoms with Crippen LogP contribution in [0.5, 0.6) is 5.75 Å². The van der Waals surface area contributed by atoms with Crippen LogP contribution in [-0.4, -0.2) is 47.0 Å². The van der Waals surface area contributed by atoms with E-state index in [-0.39, 0.29) is 11.9 Å². The number of ether oxygens (including phenoxy) is 1. The number of carbonyl (C=O) groups excluding carboxylic acids is 2. The van der Waals surface area contributed by atoms with Crippen molar-refractivity contribution in [2.45, 2.75) is 13.1 Å². The second kappa shape index (κ2) is 8.91. The van der Waals surface area contributed by atoms with Gasteiger partial charge < -0.3 is 15.0 Å². The summed E-state index contributed by atoms with van der Waals surface area (Å²) in [5, 5.41) is 2.86. The van der Waals surface area contributed by atoms with E-state index in [0.29, 0.717) is 37.6 Å². The summed E-state index contributed by atoms with van der Waals surface area (Å²) in [5.74, 6) is 1.04. The minimum atomic E-state index is -0.214. The number of hydrogen-bond acceptors (Lipinski definition) is 6. The normalized spacial score (nSPS) is 13.6. The van der Waals surface area contributed by atoms with Gasteiger partial charge in [0.05, 0.1) is 19.2 Å². The molecule has 2 aromatic heterocycles. The molecule has 0 spiro atoms. The Morgan fingerprint density at radius 1 is 1.23 bits per heavy atom. The molecule has 3 heterocycles. The number of thiazole rings is 1. The summed E-state index contributed by atoms with van der Waals surface area (Å²) in [7, 11) is 1.62. The van der Waals surface area contributed by atoms with E-state index in [2.05, 4.69) is 15.3 Å². The summed E-state index contributed by atoms with van der Waals surface area (Å²) in [6, 6.07) is 10.8. The van der Waals surface area contributed by atoms with Gasteiger partial charge in [0.2, 0.25) is 0 Å². The molecule has 0 aliphatic carbocycles. The zero-order valence-corrected chi connectivity index (χ0v) is 17.3. The Morgan fingerprint density at radius 2 is 2.07 bits per heavy atom. The van der Waals surface area contributed by atoms with Gasteiger partial charge in [0.25, 0.3) is 5.91 Å². The average molecular weight is 423 g/mol. The molecule has 1 saturated heterocycles. The lowest BCUT2D eigenvalue weighted by atomic mass is 10.2. The number of amides is 3. The third kappa shape index (κ3) is 4.41. The van der Waals surface area contributed by atoms with Gasteiger partial charge in [-0.3, -0.25) is 14.7 Å². The molecule has 30 heavy (non-hydrogen) atoms. The summed E-state index contributed by atoms with van der Waals surface area (Å²) in [5.41, 5.74) is 3.21. The SMILES string of the molecule is COc1ccc(CN2CCN(c3cc(C(=O)NCc4cncs4)ccn3)C2=O)cc1. The van der Waals surface area contributed by atoms with Crippen LogP contribution < -0.4 is 15.0 Å². The quantitative estimate of drug-likeness (QED) is 0.631. The zero-order chi connectivity index (χ0) is 20.9. The first-order chi connectivity index (χ1) is 14.6. The molecule has 0 bridgehead atoms. The van der Waals surface area contributed by atoms with E-state index < -0.39 is 0 Å². The highest BCUT2D eigenvalue weighted by atomic mass is 32.1. The Balaban J connectivity index is 1.40. The maximum atomic E-state index is 12.9. The Labute approximate surface area is 178 Å². The van der Waals surface area contributed by atoms with Crippen molar-refractivity contribution in [1.82, 2.24) is 20.2 Å². The van der Waals surface area contributed by atoms with Gasteiger partial charge in [0.1, 0.15) is 11.6 Å². The maximum absolute atomic E-state index is 12.9. The predicted octanol–water partition coefficient (Wildman–Crippen LogP) is 2.92. The first-order valence-electron chi connectivity index (χ1n) is 9.45. The van der Waals surface area contributed by atoms with Gasteiger partial charge in [-0.15, -0.1) is 11.3 Å². The predicted molar refractivity (Wildman–Crippen MR) is 114 cm³/mol. The van der Waals surface area contributed by atoms with Crippen LogP contribution >= 0.6 is 11.3 Å². The molecule has 0 saturated carbocycles. The molecule has 0 radical (unpaired) electrons. The highest BCUT2D eigenvalue weighted by Gasteiger charge is 2.30. The number of nitrogens with one attached hydrogen (secondary N) is 1. The summed E-state index contributed by atoms with van der Waals surface area (Å²) in [6.07, 6.45) is 3.28. The molecule has 9 heteroatoms. The van der Waals surface area contributed by atoms with Crippen molar-refractivity contribution < 1.29 is 14.3 Å². The number of aromatic nitrogens is 2. The van der Waals surface area contributed by atoms with E-state index in [9.17, 15) is 9.59 Å². The van der Waals surface area contributed by atoms with Crippen molar-refractivity contribution in [3.63, 3.8) is 0 Å². The molecule has 1 aliphatic rings. The summed E-state index contributed by atoms with van der Waals surface area (Å²) in [4.78, 5) is 38.0. The van der Waals surface area contributed by atoms with Crippen LogP contribution in [0.15, 0.2) is 54.3 Å². The number of urea groups is 1. The van der Waals surface area contributed by atoms with Gasteiger partial charge in [-0.1, -0.05) is 12.1 Å². The molecule has 1 aromatic carbocycles. The number of anilines is 1. The van der Waals surface area contributed by atoms with Gasteiger partial charge in [0.15, 0.2) is 0 Å². The van der Waals surface area contributed by atoms with Crippen molar-refractivity contribution >= 4 is 29.1 Å². The third-order valence-electron chi connectivity index (χ3n) is 4.82. The van der Waals surface area contributed by atoms with Gasteiger partial charge in [-0.05, 0) is 29.8 Å². The first kappa shape index (κ1) is 19.8. The van der Waals surface area contributed by atoms with E-state index >= 15 is 0 Å². The summed E-state index contributed by atoms with van der Waals surface area (Å²) in [6.45, 7) is 2.04. The van der Waals surface area contributed by atoms with Crippen LogP contribution in [0.4, 0.5) is 10.6 Å². The molecular weight excluding hydrogens is 402 g/mol. The maximum Gasteiger partial charge on any atom is 0.326 e. The number of methoxy groups -OCH3 is 1. The smallest absolute Gasteiger partial charge is 0.326 e. The monoisotopic (exact) mass is 423 g/mol. The number of nitrogens with zero attached hydrogens (tertiary/aromatic N) is 4. The second-order valence-corrected chi connectivity index (χ2v) is 7.73. The van der Waals surface area contributed by atoms with Gasteiger partial charge in [-0.2, -0.15) is 0 Å². The average Bonchev–Trinajstić information content (AvgIpc) is 3.43. The second-order valence-electron chi connectivity index (χ2n) is 6.76. The number of hydrogen-bond donors (Lipinski definition) is 1. The van der Waals surface area contributed by atoms with Crippen molar-refractivity contribution in [2.75, 3.05) is 25.1 Å². The molecule has 1 aliphatic heterocycles. The lowest BCUT2D eigenvalue weighted by Gasteiger charge is -2.18. The van der Waals surface area contributed by atoms with Crippen molar-refractivity contribution in [2.24, 2.45) is 0 Å². The Morgan fingerprint density at radius 3 is 2.80 bits per heavy atom. The lowest BCUT2D eigenvalue weighted by molar-refractivity contribution is 0.0951. The molecule has 8 nitrogen and oxygen atoms in total. The highest BCUT2D eigenvalue weighted by molar-refractivity contribution is 7.09. The molecular formula is C21H21N5O3S. The topological polar surface area (TPSA) is 87.7 Å². The fraction of sp³-hybridized carbons (Fsp3) is 0.238. The standard InChI is InChI=1S/C21H21N5O3S/c1-29-17-4-2-15(3-5-17)13-25-8-9-26(21(25)28)19-10-16(6-7-23-19)20(27)24-12-18-11-22-14-30-18/h2-7,10-11,14H,8-9,12-13H2,1H3,(H,24,27). The number of pyridine rings is 1. The molecule has 1 fully saturated rings. The van der Waals surface area contributed by atoms with Crippen LogP contribution in [-0.2, 0) is 13.1 Å². The molecule has 3 amide bonds. The fourth-order valence-corrected chi connectivity index (χ4v) is 3.73. The first-order valence-corrected chi connectivity index (χ1v) is 10.3. The van der Waals surface area contributed by atoms with Crippen LogP contribution in [0, 0.1) is 0 Å². The molecule has 1 N–H and O–H groups in total. The van der Waals surface area contributed by atoms with Crippen LogP contribution in [0.1, 0.15) is 20.8 Å². The largest absolute Gasteiger partial charge is 0.497 e. The van der Waals surface area contributed by atoms with E-state index in [0.717, 1.165) is 16.2 Å². The number of benzene rings is 1. The molecule has 3 aromatic rings. The zero-order valence-electron chi connectivity index (χ0n) is 16.4. The molecule has 154 valence electrons. The Hall–Kier alpha value is -3.46. The molecule has 4 rings (SSSR count). The van der Waals surface area contributed by atoms with Crippen molar-refractivity contribution in [3.05, 3.63) is 70.3 Å². The molecule has 0 unspecified atom stereocenters. The van der Waals surface area contributed by atoms with Crippen LogP contribution in [0.2, 0.25) is 0 Å². The van der Waals surface area contributed by atoms with Crippen LogP contribution in [0.25, 0.3) is 0 Å². The Bertz CT molecular complexity index is 1020. The van der Waals surface area contributed by atoms with E-state index in [1.54, 1.807) is 46.9 Å². The van der Waals surface area contributed by atoms with E-state index in [1.807, 2.05) is 24.3 Å². The molecule has 0 atom stereocenters. The van der Waals surface area contributed by atoms with E-state index in [4.69, 9.17) is 4.74 Å². The summed E-state index contributed by atoms with van der Waals surface area (Å²) >= 11 is 1.48. The minimum Gasteiger partial charge on any atom is -0.497 e. The van der Waals surface area contributed by atoms with Gasteiger partial charge >= 0.3 is 6.03 Å². The highest BCUT2D eigenvalue weighted by Crippen LogP contribution is 2.21. The third-order valence-corrected chi connectivity index (χ3v) is 5.60. The van der Waals surface area contributed by atoms with Crippen molar-refractivity contribution in [3.8, 4) is 5.75 Å². The Kier molecular flexibility index (Phi) is 5.89. The fourth-order valence-electron chi connectivity index (χ4n) is 3.20. The number of carbonyl (C=O) groups is 2. The number of rotatable bonds is 7. The van der Waals surface area contributed by atoms with Crippen LogP contribution in [0.3, 0.4) is 0 Å². The minimum absolute atomic E-state index is 0.125. The summed E-state index contributed by atoms with van der Waals surface area (Å²) < 4.78 is 5.17. The van der Waals surface area contributed by atoms with Gasteiger partial charge in [0, 0.05) is 42.5 Å². The van der Waals surface area contributed by atoms with E-state index in [1.165, 1.54) is 11.3 Å². The van der Waals surface area contributed by atoms with Gasteiger partial charge in [-0.25, -0.2) is 9.78 Å².